The summed E-state index contributed by atoms with van der Waals surface area (Å²) < 4.78 is 44.2. The van der Waals surface area contributed by atoms with Gasteiger partial charge in [0.15, 0.2) is 5.82 Å². The van der Waals surface area contributed by atoms with Crippen molar-refractivity contribution in [2.75, 3.05) is 0 Å². The Balaban J connectivity index is 1.77. The van der Waals surface area contributed by atoms with Crippen LogP contribution in [0.4, 0.5) is 13.2 Å². The van der Waals surface area contributed by atoms with Gasteiger partial charge in [0.1, 0.15) is 0 Å². The predicted octanol–water partition coefficient (Wildman–Crippen LogP) is 6.18. The van der Waals surface area contributed by atoms with E-state index in [-0.39, 0.29) is 18.6 Å². The van der Waals surface area contributed by atoms with E-state index in [0.717, 1.165) is 28.8 Å². The van der Waals surface area contributed by atoms with Crippen molar-refractivity contribution in [3.05, 3.63) is 83.2 Å². The smallest absolute Gasteiger partial charge is 0.372 e. The Morgan fingerprint density at radius 1 is 0.828 bits per heavy atom. The van der Waals surface area contributed by atoms with E-state index in [1.807, 2.05) is 18.2 Å². The molecule has 3 aromatic rings. The first-order valence-electron chi connectivity index (χ1n) is 9.29. The van der Waals surface area contributed by atoms with Gasteiger partial charge in [-0.2, -0.15) is 13.2 Å². The predicted molar refractivity (Wildman–Crippen MR) is 106 cm³/mol. The van der Waals surface area contributed by atoms with Crippen molar-refractivity contribution in [2.24, 2.45) is 0 Å². The molecule has 0 amide bonds. The number of benzene rings is 2. The first-order valence-corrected chi connectivity index (χ1v) is 9.29. The van der Waals surface area contributed by atoms with E-state index in [4.69, 9.17) is 4.74 Å². The summed E-state index contributed by atoms with van der Waals surface area (Å²) in [5.41, 5.74) is 2.68. The van der Waals surface area contributed by atoms with Gasteiger partial charge in [-0.25, -0.2) is 9.97 Å². The topological polar surface area (TPSA) is 35.0 Å². The summed E-state index contributed by atoms with van der Waals surface area (Å²) in [5.74, 6) is 0.636. The summed E-state index contributed by atoms with van der Waals surface area (Å²) >= 11 is 0. The fraction of sp³-hybridized carbons (Fsp3) is 0.304. The third kappa shape index (κ3) is 5.41. The summed E-state index contributed by atoms with van der Waals surface area (Å²) in [6, 6.07) is 13.0. The second-order valence-electron chi connectivity index (χ2n) is 7.89. The normalized spacial score (nSPS) is 12.2. The summed E-state index contributed by atoms with van der Waals surface area (Å²) in [7, 11) is 0. The fourth-order valence-electron chi connectivity index (χ4n) is 3.08. The van der Waals surface area contributed by atoms with E-state index in [1.165, 1.54) is 6.07 Å². The van der Waals surface area contributed by atoms with Gasteiger partial charge in [0.2, 0.25) is 0 Å². The van der Waals surface area contributed by atoms with Crippen LogP contribution in [0.1, 0.15) is 43.0 Å². The molecular weight excluding hydrogens is 377 g/mol. The Kier molecular flexibility index (Phi) is 6.03. The second-order valence-corrected chi connectivity index (χ2v) is 7.89. The van der Waals surface area contributed by atoms with E-state index >= 15 is 0 Å². The van der Waals surface area contributed by atoms with Crippen molar-refractivity contribution in [3.8, 4) is 11.4 Å². The third-order valence-electron chi connectivity index (χ3n) is 4.49. The van der Waals surface area contributed by atoms with Gasteiger partial charge in [-0.3, -0.25) is 0 Å². The van der Waals surface area contributed by atoms with Crippen LogP contribution >= 0.6 is 0 Å². The second kappa shape index (κ2) is 8.33. The summed E-state index contributed by atoms with van der Waals surface area (Å²) in [5, 5.41) is 0. The van der Waals surface area contributed by atoms with Crippen molar-refractivity contribution in [3.63, 3.8) is 0 Å². The molecular formula is C23H23F3N2O. The van der Waals surface area contributed by atoms with Crippen molar-refractivity contribution in [2.45, 2.75) is 45.6 Å². The number of halogens is 3. The van der Waals surface area contributed by atoms with Crippen LogP contribution < -0.4 is 0 Å². The Labute approximate surface area is 168 Å². The molecule has 29 heavy (non-hydrogen) atoms. The van der Waals surface area contributed by atoms with Gasteiger partial charge >= 0.3 is 6.18 Å². The molecule has 0 aliphatic heterocycles. The number of alkyl halides is 3. The molecule has 6 heteroatoms. The minimum atomic E-state index is -4.36. The zero-order valence-electron chi connectivity index (χ0n) is 16.6. The minimum absolute atomic E-state index is 0.0913. The molecule has 3 nitrogen and oxygen atoms in total. The molecule has 152 valence electrons. The Morgan fingerprint density at radius 3 is 2.10 bits per heavy atom. The van der Waals surface area contributed by atoms with Crippen LogP contribution in [0.3, 0.4) is 0 Å². The average molecular weight is 400 g/mol. The molecule has 0 aliphatic rings. The van der Waals surface area contributed by atoms with E-state index in [1.54, 1.807) is 24.5 Å². The van der Waals surface area contributed by atoms with E-state index in [0.29, 0.717) is 11.4 Å². The van der Waals surface area contributed by atoms with Crippen molar-refractivity contribution in [1.82, 2.24) is 9.97 Å². The highest BCUT2D eigenvalue weighted by molar-refractivity contribution is 5.63. The maximum Gasteiger partial charge on any atom is 0.416 e. The van der Waals surface area contributed by atoms with Gasteiger partial charge in [-0.15, -0.1) is 0 Å². The van der Waals surface area contributed by atoms with Crippen LogP contribution in [0.5, 0.6) is 0 Å². The molecule has 0 saturated heterocycles. The molecule has 1 aromatic heterocycles. The van der Waals surface area contributed by atoms with Crippen molar-refractivity contribution in [1.29, 1.82) is 0 Å². The highest BCUT2D eigenvalue weighted by atomic mass is 19.4. The summed E-state index contributed by atoms with van der Waals surface area (Å²) in [6.07, 6.45) is -0.958. The molecule has 0 saturated carbocycles. The summed E-state index contributed by atoms with van der Waals surface area (Å²) in [4.78, 5) is 8.73. The lowest BCUT2D eigenvalue weighted by atomic mass is 9.83. The van der Waals surface area contributed by atoms with Gasteiger partial charge in [-0.05, 0) is 46.4 Å². The van der Waals surface area contributed by atoms with Crippen LogP contribution in [-0.4, -0.2) is 9.97 Å². The Bertz CT molecular complexity index is 964. The Morgan fingerprint density at radius 2 is 1.48 bits per heavy atom. The lowest BCUT2D eigenvalue weighted by Gasteiger charge is -2.23. The van der Waals surface area contributed by atoms with E-state index in [2.05, 4.69) is 30.7 Å². The maximum absolute atomic E-state index is 12.8. The van der Waals surface area contributed by atoms with Gasteiger partial charge in [-0.1, -0.05) is 45.0 Å². The fourth-order valence-corrected chi connectivity index (χ4v) is 3.08. The number of ether oxygens (including phenoxy) is 1. The van der Waals surface area contributed by atoms with Gasteiger partial charge < -0.3 is 4.74 Å². The number of hydrogen-bond acceptors (Lipinski definition) is 3. The molecule has 0 N–H and O–H groups in total. The monoisotopic (exact) mass is 400 g/mol. The molecule has 0 fully saturated rings. The molecule has 0 bridgehead atoms. The third-order valence-corrected chi connectivity index (χ3v) is 4.49. The van der Waals surface area contributed by atoms with Gasteiger partial charge in [0, 0.05) is 18.0 Å². The summed E-state index contributed by atoms with van der Waals surface area (Å²) in [6.45, 7) is 6.75. The number of hydrogen-bond donors (Lipinski definition) is 0. The number of rotatable bonds is 5. The van der Waals surface area contributed by atoms with Crippen LogP contribution in [-0.2, 0) is 29.5 Å². The van der Waals surface area contributed by atoms with Crippen LogP contribution in [0.2, 0.25) is 0 Å². The maximum atomic E-state index is 12.8. The van der Waals surface area contributed by atoms with Crippen LogP contribution in [0, 0.1) is 0 Å². The quantitative estimate of drug-likeness (QED) is 0.513. The van der Waals surface area contributed by atoms with Crippen LogP contribution in [0.25, 0.3) is 11.4 Å². The highest BCUT2D eigenvalue weighted by Gasteiger charge is 2.30. The number of aromatic nitrogens is 2. The molecule has 3 rings (SSSR count). The molecule has 0 radical (unpaired) electrons. The van der Waals surface area contributed by atoms with Crippen molar-refractivity contribution < 1.29 is 17.9 Å². The molecule has 0 spiro atoms. The largest absolute Gasteiger partial charge is 0.416 e. The zero-order valence-corrected chi connectivity index (χ0v) is 16.6. The first-order chi connectivity index (χ1) is 13.6. The van der Waals surface area contributed by atoms with Gasteiger partial charge in [0.05, 0.1) is 18.8 Å². The number of nitrogens with zero attached hydrogens (tertiary/aromatic N) is 2. The van der Waals surface area contributed by atoms with E-state index < -0.39 is 11.7 Å². The first kappa shape index (κ1) is 21.0. The van der Waals surface area contributed by atoms with Crippen LogP contribution in [0.15, 0.2) is 60.9 Å². The lowest BCUT2D eigenvalue weighted by Crippen LogP contribution is -2.13. The molecule has 0 aliphatic carbocycles. The SMILES string of the molecule is CC(C)(C)c1ccc(COCc2cccc(C(F)(F)F)c2)cc1-c1ncccn1. The van der Waals surface area contributed by atoms with Crippen molar-refractivity contribution >= 4 is 0 Å². The van der Waals surface area contributed by atoms with E-state index in [9.17, 15) is 13.2 Å². The molecule has 1 heterocycles. The molecule has 0 atom stereocenters. The average Bonchev–Trinajstić information content (AvgIpc) is 2.67. The lowest BCUT2D eigenvalue weighted by molar-refractivity contribution is -0.137. The minimum Gasteiger partial charge on any atom is -0.372 e. The Hall–Kier alpha value is -2.73. The van der Waals surface area contributed by atoms with Gasteiger partial charge in [0.25, 0.3) is 0 Å². The highest BCUT2D eigenvalue weighted by Crippen LogP contribution is 2.32. The standard InChI is InChI=1S/C23H23F3N2O/c1-22(2,3)20-9-8-17(13-19(20)21-27-10-5-11-28-21)15-29-14-16-6-4-7-18(12-16)23(24,25)26/h4-13H,14-15H2,1-3H3. The molecule has 0 unspecified atom stereocenters. The zero-order chi connectivity index (χ0) is 21.1. The molecule has 2 aromatic carbocycles.